The zero-order chi connectivity index (χ0) is 21.8. The molecular formula is C24H28ClN5O. The predicted molar refractivity (Wildman–Crippen MR) is 125 cm³/mol. The molecule has 2 fully saturated rings. The maximum atomic E-state index is 11.8. The van der Waals surface area contributed by atoms with Gasteiger partial charge in [-0.25, -0.2) is 0 Å². The Morgan fingerprint density at radius 1 is 1.13 bits per heavy atom. The first kappa shape index (κ1) is 21.5. The second-order valence-corrected chi connectivity index (χ2v) is 8.78. The fourth-order valence-corrected chi connectivity index (χ4v) is 4.20. The number of carbonyl (C=O) groups is 1. The van der Waals surface area contributed by atoms with Crippen LogP contribution in [0.4, 0.5) is 11.4 Å². The van der Waals surface area contributed by atoms with Gasteiger partial charge in [-0.15, -0.1) is 0 Å². The third-order valence-corrected chi connectivity index (χ3v) is 6.49. The molecule has 0 atom stereocenters. The Hall–Kier alpha value is -2.75. The highest BCUT2D eigenvalue weighted by Gasteiger charge is 2.22. The van der Waals surface area contributed by atoms with Crippen LogP contribution in [0.3, 0.4) is 0 Å². The van der Waals surface area contributed by atoms with Crippen LogP contribution < -0.4 is 11.1 Å². The van der Waals surface area contributed by atoms with Crippen molar-refractivity contribution in [3.05, 3.63) is 47.0 Å². The van der Waals surface area contributed by atoms with Gasteiger partial charge in [0.25, 0.3) is 0 Å². The molecule has 31 heavy (non-hydrogen) atoms. The van der Waals surface area contributed by atoms with Gasteiger partial charge >= 0.3 is 0 Å². The fraction of sp³-hybridized carbons (Fsp3) is 0.417. The zero-order valence-electron chi connectivity index (χ0n) is 17.6. The molecule has 0 bridgehead atoms. The number of nitriles is 1. The van der Waals surface area contributed by atoms with Gasteiger partial charge in [-0.2, -0.15) is 5.26 Å². The Labute approximate surface area is 188 Å². The number of hydrogen-bond acceptors (Lipinski definition) is 5. The minimum atomic E-state index is -0.0728. The van der Waals surface area contributed by atoms with Crippen LogP contribution in [0.25, 0.3) is 11.1 Å². The number of benzene rings is 2. The van der Waals surface area contributed by atoms with Gasteiger partial charge in [-0.3, -0.25) is 9.69 Å². The molecule has 6 nitrogen and oxygen atoms in total. The van der Waals surface area contributed by atoms with Crippen molar-refractivity contribution >= 4 is 28.9 Å². The van der Waals surface area contributed by atoms with Crippen molar-refractivity contribution in [2.24, 2.45) is 5.92 Å². The molecule has 0 aromatic heterocycles. The number of piperazine rings is 1. The molecule has 3 N–H and O–H groups in total. The van der Waals surface area contributed by atoms with E-state index in [0.29, 0.717) is 23.8 Å². The zero-order valence-corrected chi connectivity index (χ0v) is 18.4. The number of rotatable bonds is 7. The molecule has 1 aliphatic heterocycles. The summed E-state index contributed by atoms with van der Waals surface area (Å²) in [5, 5.41) is 12.7. The first-order valence-corrected chi connectivity index (χ1v) is 11.2. The summed E-state index contributed by atoms with van der Waals surface area (Å²) in [5.74, 6) is 0.697. The smallest absolute Gasteiger partial charge is 0.236 e. The molecular weight excluding hydrogens is 410 g/mol. The van der Waals surface area contributed by atoms with E-state index in [0.717, 1.165) is 48.9 Å². The Kier molecular flexibility index (Phi) is 6.64. The number of carbonyl (C=O) groups excluding carboxylic acids is 1. The van der Waals surface area contributed by atoms with Crippen molar-refractivity contribution in [3.8, 4) is 17.2 Å². The van der Waals surface area contributed by atoms with E-state index in [1.165, 1.54) is 18.4 Å². The molecule has 4 rings (SSSR count). The number of nitrogens with two attached hydrogens (primary N) is 1. The summed E-state index contributed by atoms with van der Waals surface area (Å²) < 4.78 is 0. The lowest BCUT2D eigenvalue weighted by Gasteiger charge is -2.34. The van der Waals surface area contributed by atoms with Gasteiger partial charge in [0.05, 0.1) is 22.5 Å². The molecule has 162 valence electrons. The molecule has 2 aromatic rings. The Morgan fingerprint density at radius 3 is 2.48 bits per heavy atom. The lowest BCUT2D eigenvalue weighted by Crippen LogP contribution is -2.48. The van der Waals surface area contributed by atoms with Crippen LogP contribution in [0, 0.1) is 17.2 Å². The highest BCUT2D eigenvalue weighted by atomic mass is 35.5. The van der Waals surface area contributed by atoms with Crippen molar-refractivity contribution in [2.75, 3.05) is 43.8 Å². The van der Waals surface area contributed by atoms with Crippen molar-refractivity contribution < 1.29 is 4.79 Å². The first-order chi connectivity index (χ1) is 15.0. The van der Waals surface area contributed by atoms with E-state index in [4.69, 9.17) is 22.6 Å². The van der Waals surface area contributed by atoms with Gasteiger partial charge in [0.15, 0.2) is 0 Å². The number of hydrogen-bond donors (Lipinski definition) is 2. The van der Waals surface area contributed by atoms with Crippen molar-refractivity contribution in [3.63, 3.8) is 0 Å². The summed E-state index contributed by atoms with van der Waals surface area (Å²) in [7, 11) is 0. The predicted octanol–water partition coefficient (Wildman–Crippen LogP) is 3.97. The van der Waals surface area contributed by atoms with E-state index >= 15 is 0 Å². The standard InChI is InChI=1S/C24H28ClN5O/c25-23-20(7-8-21(24(23)27)28-15-17-1-2-17)19-5-3-18(4-6-19)16-29-11-13-30(14-12-29)22(31)9-10-26/h3-8,17,28H,1-2,9,11-16,27H2. The quantitative estimate of drug-likeness (QED) is 0.640. The third kappa shape index (κ3) is 5.30. The number of nitrogen functional groups attached to an aromatic ring is 1. The van der Waals surface area contributed by atoms with Crippen LogP contribution in [0.15, 0.2) is 36.4 Å². The van der Waals surface area contributed by atoms with Gasteiger partial charge in [0, 0.05) is 44.8 Å². The molecule has 2 aliphatic rings. The second kappa shape index (κ2) is 9.59. The highest BCUT2D eigenvalue weighted by Crippen LogP contribution is 2.38. The molecule has 1 saturated heterocycles. The summed E-state index contributed by atoms with van der Waals surface area (Å²) in [6, 6.07) is 14.4. The largest absolute Gasteiger partial charge is 0.396 e. The van der Waals surface area contributed by atoms with E-state index in [1.807, 2.05) is 18.2 Å². The molecule has 0 radical (unpaired) electrons. The van der Waals surface area contributed by atoms with Crippen molar-refractivity contribution in [2.45, 2.75) is 25.8 Å². The topological polar surface area (TPSA) is 85.4 Å². The summed E-state index contributed by atoms with van der Waals surface area (Å²) in [4.78, 5) is 15.9. The SMILES string of the molecule is N#CCC(=O)N1CCN(Cc2ccc(-c3ccc(NCC4CC4)c(N)c3Cl)cc2)CC1. The summed E-state index contributed by atoms with van der Waals surface area (Å²) in [5.41, 5.74) is 11.0. The molecule has 0 unspecified atom stereocenters. The Bertz CT molecular complexity index is 973. The molecule has 7 heteroatoms. The molecule has 0 spiro atoms. The van der Waals surface area contributed by atoms with Crippen molar-refractivity contribution in [1.82, 2.24) is 9.80 Å². The van der Waals surface area contributed by atoms with Crippen LogP contribution >= 0.6 is 11.6 Å². The summed E-state index contributed by atoms with van der Waals surface area (Å²) >= 11 is 6.60. The van der Waals surface area contributed by atoms with E-state index in [2.05, 4.69) is 34.5 Å². The molecule has 1 aliphatic carbocycles. The molecule has 1 saturated carbocycles. The molecule has 1 amide bonds. The minimum absolute atomic E-state index is 0.0356. The van der Waals surface area contributed by atoms with Crippen LogP contribution in [-0.4, -0.2) is 48.4 Å². The van der Waals surface area contributed by atoms with Gasteiger partial charge in [-0.05, 0) is 36.0 Å². The number of nitrogens with one attached hydrogen (secondary N) is 1. The lowest BCUT2D eigenvalue weighted by atomic mass is 10.0. The maximum Gasteiger partial charge on any atom is 0.236 e. The van der Waals surface area contributed by atoms with Gasteiger partial charge in [0.2, 0.25) is 5.91 Å². The normalized spacial score (nSPS) is 16.7. The van der Waals surface area contributed by atoms with Gasteiger partial charge in [0.1, 0.15) is 6.42 Å². The summed E-state index contributed by atoms with van der Waals surface area (Å²) in [6.07, 6.45) is 2.55. The Balaban J connectivity index is 1.36. The van der Waals surface area contributed by atoms with Crippen LogP contribution in [0.5, 0.6) is 0 Å². The molecule has 2 aromatic carbocycles. The average Bonchev–Trinajstić information content (AvgIpc) is 3.61. The maximum absolute atomic E-state index is 11.8. The number of amides is 1. The first-order valence-electron chi connectivity index (χ1n) is 10.8. The molecule has 1 heterocycles. The van der Waals surface area contributed by atoms with E-state index < -0.39 is 0 Å². The average molecular weight is 438 g/mol. The lowest BCUT2D eigenvalue weighted by molar-refractivity contribution is -0.131. The van der Waals surface area contributed by atoms with Gasteiger partial charge < -0.3 is 16.0 Å². The van der Waals surface area contributed by atoms with E-state index in [1.54, 1.807) is 4.90 Å². The Morgan fingerprint density at radius 2 is 1.84 bits per heavy atom. The van der Waals surface area contributed by atoms with Gasteiger partial charge in [-0.1, -0.05) is 41.9 Å². The van der Waals surface area contributed by atoms with E-state index in [-0.39, 0.29) is 12.3 Å². The highest BCUT2D eigenvalue weighted by molar-refractivity contribution is 6.36. The summed E-state index contributed by atoms with van der Waals surface area (Å²) in [6.45, 7) is 4.77. The van der Waals surface area contributed by atoms with Crippen LogP contribution in [0.1, 0.15) is 24.8 Å². The second-order valence-electron chi connectivity index (χ2n) is 8.40. The van der Waals surface area contributed by atoms with Crippen LogP contribution in [-0.2, 0) is 11.3 Å². The fourth-order valence-electron chi connectivity index (χ4n) is 3.93. The third-order valence-electron chi connectivity index (χ3n) is 6.08. The monoisotopic (exact) mass is 437 g/mol. The van der Waals surface area contributed by atoms with Crippen molar-refractivity contribution in [1.29, 1.82) is 5.26 Å². The minimum Gasteiger partial charge on any atom is -0.396 e. The van der Waals surface area contributed by atoms with Crippen LogP contribution in [0.2, 0.25) is 5.02 Å². The number of anilines is 2. The number of nitrogens with zero attached hydrogens (tertiary/aromatic N) is 3. The van der Waals surface area contributed by atoms with E-state index in [9.17, 15) is 4.79 Å². The number of halogens is 1.